The van der Waals surface area contributed by atoms with Crippen molar-refractivity contribution in [3.05, 3.63) is 0 Å². The maximum Gasteiger partial charge on any atom is 0.306 e. The van der Waals surface area contributed by atoms with Gasteiger partial charge in [-0.2, -0.15) is 0 Å². The molecule has 0 aromatic rings. The Morgan fingerprint density at radius 3 is 2.19 bits per heavy atom. The van der Waals surface area contributed by atoms with E-state index in [1.807, 2.05) is 27.7 Å². The fourth-order valence-corrected chi connectivity index (χ4v) is 1.28. The van der Waals surface area contributed by atoms with Gasteiger partial charge in [-0.15, -0.1) is 0 Å². The zero-order valence-corrected chi connectivity index (χ0v) is 11.1. The van der Waals surface area contributed by atoms with E-state index in [0.717, 1.165) is 25.9 Å². The lowest BCUT2D eigenvalue weighted by molar-refractivity contribution is -0.144. The van der Waals surface area contributed by atoms with Gasteiger partial charge in [0.2, 0.25) is 0 Å². The van der Waals surface area contributed by atoms with Crippen molar-refractivity contribution in [1.29, 1.82) is 0 Å². The van der Waals surface area contributed by atoms with Crippen LogP contribution in [0.25, 0.3) is 0 Å². The second kappa shape index (κ2) is 9.64. The summed E-state index contributed by atoms with van der Waals surface area (Å²) in [5, 5.41) is 0. The number of esters is 1. The summed E-state index contributed by atoms with van der Waals surface area (Å²) in [5.41, 5.74) is 0. The van der Waals surface area contributed by atoms with Gasteiger partial charge in [0.15, 0.2) is 0 Å². The number of unbranched alkanes of at least 4 members (excludes halogenated alkanes) is 2. The predicted octanol–water partition coefficient (Wildman–Crippen LogP) is 3.17. The Morgan fingerprint density at radius 2 is 1.62 bits per heavy atom. The lowest BCUT2D eigenvalue weighted by Crippen LogP contribution is -2.09. The van der Waals surface area contributed by atoms with Crippen molar-refractivity contribution in [2.75, 3.05) is 13.2 Å². The third-order valence-corrected chi connectivity index (χ3v) is 2.08. The summed E-state index contributed by atoms with van der Waals surface area (Å²) in [6, 6.07) is 0. The number of rotatable bonds is 9. The number of carbonyl (C=O) groups excluding carboxylic acids is 1. The van der Waals surface area contributed by atoms with Gasteiger partial charge in [-0.05, 0) is 39.0 Å². The first-order valence-corrected chi connectivity index (χ1v) is 6.29. The first kappa shape index (κ1) is 15.4. The summed E-state index contributed by atoms with van der Waals surface area (Å²) in [6.07, 6.45) is 3.87. The van der Waals surface area contributed by atoms with Crippen LogP contribution in [0, 0.1) is 5.92 Å². The molecule has 3 nitrogen and oxygen atoms in total. The monoisotopic (exact) mass is 230 g/mol. The largest absolute Gasteiger partial charge is 0.466 e. The SMILES string of the molecule is CC(C)CC(=O)OCCCCCOC(C)C. The molecule has 0 spiro atoms. The molecule has 0 radical (unpaired) electrons. The van der Waals surface area contributed by atoms with Gasteiger partial charge in [-0.1, -0.05) is 13.8 Å². The van der Waals surface area contributed by atoms with Crippen molar-refractivity contribution in [3.8, 4) is 0 Å². The second-order valence-electron chi connectivity index (χ2n) is 4.80. The van der Waals surface area contributed by atoms with Crippen LogP contribution < -0.4 is 0 Å². The highest BCUT2D eigenvalue weighted by Crippen LogP contribution is 2.03. The molecule has 3 heteroatoms. The molecule has 96 valence electrons. The van der Waals surface area contributed by atoms with Gasteiger partial charge in [0.25, 0.3) is 0 Å². The van der Waals surface area contributed by atoms with Crippen LogP contribution in [0.1, 0.15) is 53.4 Å². The minimum Gasteiger partial charge on any atom is -0.466 e. The molecule has 0 fully saturated rings. The topological polar surface area (TPSA) is 35.5 Å². The maximum atomic E-state index is 11.2. The molecule has 0 N–H and O–H groups in total. The van der Waals surface area contributed by atoms with Gasteiger partial charge >= 0.3 is 5.97 Å². The molecular formula is C13H26O3. The lowest BCUT2D eigenvalue weighted by atomic mass is 10.1. The van der Waals surface area contributed by atoms with E-state index in [4.69, 9.17) is 9.47 Å². The van der Waals surface area contributed by atoms with Gasteiger partial charge < -0.3 is 9.47 Å². The zero-order chi connectivity index (χ0) is 12.4. The fraction of sp³-hybridized carbons (Fsp3) is 0.923. The van der Waals surface area contributed by atoms with E-state index < -0.39 is 0 Å². The van der Waals surface area contributed by atoms with Crippen LogP contribution in [0.3, 0.4) is 0 Å². The van der Waals surface area contributed by atoms with Crippen LogP contribution in [-0.4, -0.2) is 25.3 Å². The summed E-state index contributed by atoms with van der Waals surface area (Å²) >= 11 is 0. The third-order valence-electron chi connectivity index (χ3n) is 2.08. The molecule has 0 unspecified atom stereocenters. The number of hydrogen-bond acceptors (Lipinski definition) is 3. The molecule has 0 aromatic heterocycles. The van der Waals surface area contributed by atoms with E-state index in [9.17, 15) is 4.79 Å². The minimum absolute atomic E-state index is 0.0755. The normalized spacial score (nSPS) is 11.1. The Kier molecular flexibility index (Phi) is 9.30. The van der Waals surface area contributed by atoms with Crippen LogP contribution in [0.5, 0.6) is 0 Å². The minimum atomic E-state index is -0.0755. The highest BCUT2D eigenvalue weighted by Gasteiger charge is 2.05. The van der Waals surface area contributed by atoms with Gasteiger partial charge in [0, 0.05) is 13.0 Å². The smallest absolute Gasteiger partial charge is 0.306 e. The first-order chi connectivity index (χ1) is 7.52. The standard InChI is InChI=1S/C13H26O3/c1-11(2)10-13(14)16-9-7-5-6-8-15-12(3)4/h11-12H,5-10H2,1-4H3. The molecule has 0 saturated carbocycles. The summed E-state index contributed by atoms with van der Waals surface area (Å²) in [6.45, 7) is 9.46. The Labute approximate surface area is 99.5 Å². The average Bonchev–Trinajstić information content (AvgIpc) is 2.14. The molecule has 0 atom stereocenters. The Balaban J connectivity index is 3.18. The lowest BCUT2D eigenvalue weighted by Gasteiger charge is -2.08. The molecule has 0 aliphatic rings. The van der Waals surface area contributed by atoms with Crippen molar-refractivity contribution in [2.45, 2.75) is 59.5 Å². The molecule has 0 rings (SSSR count). The summed E-state index contributed by atoms with van der Waals surface area (Å²) < 4.78 is 10.5. The van der Waals surface area contributed by atoms with E-state index in [0.29, 0.717) is 25.0 Å². The third kappa shape index (κ3) is 11.5. The number of carbonyl (C=O) groups is 1. The molecule has 0 saturated heterocycles. The summed E-state index contributed by atoms with van der Waals surface area (Å²) in [4.78, 5) is 11.2. The predicted molar refractivity (Wildman–Crippen MR) is 65.4 cm³/mol. The fourth-order valence-electron chi connectivity index (χ4n) is 1.28. The molecule has 0 bridgehead atoms. The van der Waals surface area contributed by atoms with Gasteiger partial charge in [0.1, 0.15) is 0 Å². The van der Waals surface area contributed by atoms with Crippen LogP contribution in [0.4, 0.5) is 0 Å². The quantitative estimate of drug-likeness (QED) is 0.451. The molecule has 0 aliphatic heterocycles. The van der Waals surface area contributed by atoms with E-state index >= 15 is 0 Å². The molecule has 0 amide bonds. The van der Waals surface area contributed by atoms with Crippen molar-refractivity contribution in [1.82, 2.24) is 0 Å². The molecular weight excluding hydrogens is 204 g/mol. The van der Waals surface area contributed by atoms with Gasteiger partial charge in [-0.25, -0.2) is 0 Å². The van der Waals surface area contributed by atoms with E-state index in [2.05, 4.69) is 0 Å². The highest BCUT2D eigenvalue weighted by molar-refractivity contribution is 5.69. The average molecular weight is 230 g/mol. The maximum absolute atomic E-state index is 11.2. The Bertz CT molecular complexity index is 176. The van der Waals surface area contributed by atoms with Crippen molar-refractivity contribution < 1.29 is 14.3 Å². The first-order valence-electron chi connectivity index (χ1n) is 6.29. The zero-order valence-electron chi connectivity index (χ0n) is 11.1. The van der Waals surface area contributed by atoms with Gasteiger partial charge in [0.05, 0.1) is 12.7 Å². The second-order valence-corrected chi connectivity index (χ2v) is 4.80. The van der Waals surface area contributed by atoms with Crippen molar-refractivity contribution in [2.24, 2.45) is 5.92 Å². The summed E-state index contributed by atoms with van der Waals surface area (Å²) in [5.74, 6) is 0.306. The van der Waals surface area contributed by atoms with Crippen LogP contribution in [-0.2, 0) is 14.3 Å². The van der Waals surface area contributed by atoms with Crippen LogP contribution in [0.15, 0.2) is 0 Å². The Hall–Kier alpha value is -0.570. The van der Waals surface area contributed by atoms with Gasteiger partial charge in [-0.3, -0.25) is 4.79 Å². The number of hydrogen-bond donors (Lipinski definition) is 0. The van der Waals surface area contributed by atoms with Crippen molar-refractivity contribution in [3.63, 3.8) is 0 Å². The molecule has 0 heterocycles. The van der Waals surface area contributed by atoms with Crippen LogP contribution in [0.2, 0.25) is 0 Å². The highest BCUT2D eigenvalue weighted by atomic mass is 16.5. The van der Waals surface area contributed by atoms with E-state index in [-0.39, 0.29) is 5.97 Å². The molecule has 0 aromatic carbocycles. The summed E-state index contributed by atoms with van der Waals surface area (Å²) in [7, 11) is 0. The van der Waals surface area contributed by atoms with E-state index in [1.54, 1.807) is 0 Å². The number of ether oxygens (including phenoxy) is 2. The Morgan fingerprint density at radius 1 is 1.00 bits per heavy atom. The molecule has 16 heavy (non-hydrogen) atoms. The van der Waals surface area contributed by atoms with Crippen LogP contribution >= 0.6 is 0 Å². The van der Waals surface area contributed by atoms with Crippen molar-refractivity contribution >= 4 is 5.97 Å². The van der Waals surface area contributed by atoms with E-state index in [1.165, 1.54) is 0 Å². The molecule has 0 aliphatic carbocycles.